The maximum absolute atomic E-state index is 13.4. The van der Waals surface area contributed by atoms with E-state index in [1.165, 1.54) is 12.1 Å². The highest BCUT2D eigenvalue weighted by Gasteiger charge is 2.47. The van der Waals surface area contributed by atoms with Crippen molar-refractivity contribution in [2.45, 2.75) is 38.1 Å². The van der Waals surface area contributed by atoms with Gasteiger partial charge in [0, 0.05) is 27.7 Å². The van der Waals surface area contributed by atoms with Crippen LogP contribution in [0.5, 0.6) is 5.75 Å². The molecule has 1 unspecified atom stereocenters. The summed E-state index contributed by atoms with van der Waals surface area (Å²) in [6.07, 6.45) is 0.676. The fourth-order valence-electron chi connectivity index (χ4n) is 4.98. The van der Waals surface area contributed by atoms with Gasteiger partial charge in [-0.2, -0.15) is 0 Å². The van der Waals surface area contributed by atoms with E-state index in [0.29, 0.717) is 11.4 Å². The van der Waals surface area contributed by atoms with Crippen LogP contribution in [0.25, 0.3) is 0 Å². The van der Waals surface area contributed by atoms with Gasteiger partial charge in [0.1, 0.15) is 0 Å². The molecule has 1 atom stereocenters. The van der Waals surface area contributed by atoms with Crippen LogP contribution in [0.2, 0.25) is 5.02 Å². The van der Waals surface area contributed by atoms with Gasteiger partial charge in [-0.1, -0.05) is 61.0 Å². The zero-order valence-electron chi connectivity index (χ0n) is 18.7. The molecule has 0 N–H and O–H groups in total. The number of fused-ring (bicyclic) bond motifs is 1. The molecule has 0 aromatic heterocycles. The Bertz CT molecular complexity index is 1210. The molecule has 4 rings (SSSR count). The van der Waals surface area contributed by atoms with Gasteiger partial charge in [0.15, 0.2) is 12.4 Å². The summed E-state index contributed by atoms with van der Waals surface area (Å²) in [4.78, 5) is 26.0. The molecule has 0 spiro atoms. The molecular weight excluding hydrogens is 440 g/mol. The normalized spacial score (nSPS) is 19.0. The number of nitrogens with zero attached hydrogens (tertiary/aromatic N) is 2. The van der Waals surface area contributed by atoms with E-state index in [-0.39, 0.29) is 29.4 Å². The average molecular weight is 465 g/mol. The summed E-state index contributed by atoms with van der Waals surface area (Å²) in [5.74, 6) is -0.186. The molecule has 0 bridgehead atoms. The van der Waals surface area contributed by atoms with Crippen molar-refractivity contribution in [3.8, 4) is 5.75 Å². The second kappa shape index (κ2) is 8.52. The highest BCUT2D eigenvalue weighted by atomic mass is 35.5. The maximum atomic E-state index is 13.4. The Balaban J connectivity index is 1.69. The fourth-order valence-corrected chi connectivity index (χ4v) is 5.11. The van der Waals surface area contributed by atoms with Gasteiger partial charge in [-0.25, -0.2) is 0 Å². The number of amides is 1. The summed E-state index contributed by atoms with van der Waals surface area (Å²) >= 11 is 6.12. The quantitative estimate of drug-likeness (QED) is 0.335. The highest BCUT2D eigenvalue weighted by Crippen LogP contribution is 2.50. The predicted molar refractivity (Wildman–Crippen MR) is 129 cm³/mol. The molecule has 170 valence electrons. The number of hydrogen-bond acceptors (Lipinski definition) is 4. The van der Waals surface area contributed by atoms with Gasteiger partial charge in [-0.3, -0.25) is 14.9 Å². The summed E-state index contributed by atoms with van der Waals surface area (Å²) in [5, 5.41) is 12.0. The van der Waals surface area contributed by atoms with E-state index < -0.39 is 10.5 Å². The monoisotopic (exact) mass is 464 g/mol. The molecule has 0 aliphatic carbocycles. The number of para-hydroxylation sites is 3. The van der Waals surface area contributed by atoms with Gasteiger partial charge in [-0.05, 0) is 55.7 Å². The number of nitro groups is 1. The number of carbonyl (C=O) groups is 1. The molecule has 1 amide bonds. The van der Waals surface area contributed by atoms with Crippen molar-refractivity contribution < 1.29 is 14.5 Å². The third-order valence-electron chi connectivity index (χ3n) is 6.27. The van der Waals surface area contributed by atoms with Crippen LogP contribution in [-0.2, 0) is 10.2 Å². The molecule has 0 saturated heterocycles. The third kappa shape index (κ3) is 4.18. The first kappa shape index (κ1) is 22.8. The summed E-state index contributed by atoms with van der Waals surface area (Å²) in [5.41, 5.74) is 1.93. The zero-order valence-corrected chi connectivity index (χ0v) is 19.5. The Morgan fingerprint density at radius 3 is 2.36 bits per heavy atom. The Hall–Kier alpha value is -3.38. The van der Waals surface area contributed by atoms with Gasteiger partial charge in [0.2, 0.25) is 0 Å². The topological polar surface area (TPSA) is 72.7 Å². The summed E-state index contributed by atoms with van der Waals surface area (Å²) in [7, 11) is 0. The first-order chi connectivity index (χ1) is 15.6. The second-order valence-corrected chi connectivity index (χ2v) is 9.52. The van der Waals surface area contributed by atoms with Crippen LogP contribution in [0, 0.1) is 10.1 Å². The number of anilines is 1. The molecule has 33 heavy (non-hydrogen) atoms. The zero-order chi connectivity index (χ0) is 23.8. The number of benzene rings is 3. The van der Waals surface area contributed by atoms with E-state index in [2.05, 4.69) is 6.92 Å². The van der Waals surface area contributed by atoms with Gasteiger partial charge in [0.05, 0.1) is 4.92 Å². The van der Waals surface area contributed by atoms with E-state index >= 15 is 0 Å². The van der Waals surface area contributed by atoms with Gasteiger partial charge < -0.3 is 9.64 Å². The molecule has 0 fully saturated rings. The van der Waals surface area contributed by atoms with Crippen molar-refractivity contribution in [3.63, 3.8) is 0 Å². The van der Waals surface area contributed by atoms with Crippen molar-refractivity contribution in [2.75, 3.05) is 11.5 Å². The molecule has 0 saturated carbocycles. The lowest BCUT2D eigenvalue weighted by atomic mass is 9.65. The molecule has 3 aromatic rings. The number of hydrogen-bond donors (Lipinski definition) is 0. The van der Waals surface area contributed by atoms with Crippen LogP contribution in [0.1, 0.15) is 38.3 Å². The van der Waals surface area contributed by atoms with Crippen molar-refractivity contribution in [3.05, 3.63) is 99.1 Å². The third-order valence-corrected chi connectivity index (χ3v) is 6.53. The molecule has 6 nitrogen and oxygen atoms in total. The van der Waals surface area contributed by atoms with E-state index in [1.807, 2.05) is 62.4 Å². The van der Waals surface area contributed by atoms with Crippen LogP contribution in [0.4, 0.5) is 11.4 Å². The lowest BCUT2D eigenvalue weighted by Gasteiger charge is -2.51. The fraction of sp³-hybridized carbons (Fsp3) is 0.269. The Morgan fingerprint density at radius 2 is 1.67 bits per heavy atom. The predicted octanol–water partition coefficient (Wildman–Crippen LogP) is 6.15. The van der Waals surface area contributed by atoms with Crippen molar-refractivity contribution in [2.24, 2.45) is 0 Å². The average Bonchev–Trinajstić information content (AvgIpc) is 2.77. The molecular formula is C26H25ClN2O4. The number of rotatable bonds is 5. The van der Waals surface area contributed by atoms with E-state index in [9.17, 15) is 14.9 Å². The number of nitro benzene ring substituents is 1. The number of ether oxygens (including phenoxy) is 1. The highest BCUT2D eigenvalue weighted by molar-refractivity contribution is 6.30. The van der Waals surface area contributed by atoms with Gasteiger partial charge in [0.25, 0.3) is 5.91 Å². The Labute approximate surface area is 197 Å². The van der Waals surface area contributed by atoms with Gasteiger partial charge >= 0.3 is 5.69 Å². The van der Waals surface area contributed by atoms with E-state index in [0.717, 1.165) is 16.8 Å². The molecule has 1 aliphatic heterocycles. The van der Waals surface area contributed by atoms with Gasteiger partial charge in [-0.15, -0.1) is 0 Å². The van der Waals surface area contributed by atoms with Crippen LogP contribution < -0.4 is 9.64 Å². The summed E-state index contributed by atoms with van der Waals surface area (Å²) in [6.45, 7) is 5.93. The van der Waals surface area contributed by atoms with Crippen LogP contribution in [0.3, 0.4) is 0 Å². The number of carbonyl (C=O) groups excluding carboxylic acids is 1. The summed E-state index contributed by atoms with van der Waals surface area (Å²) < 4.78 is 5.62. The van der Waals surface area contributed by atoms with Crippen LogP contribution >= 0.6 is 11.6 Å². The number of halogens is 1. The standard InChI is InChI=1S/C26H25ClN2O4/c1-25(2)17-26(3,18-12-14-19(27)15-13-18)20-8-4-5-9-21(20)28(25)24(30)16-33-23-11-7-6-10-22(23)29(31)32/h4-15H,16-17H2,1-3H3. The Morgan fingerprint density at radius 1 is 1.03 bits per heavy atom. The first-order valence-corrected chi connectivity index (χ1v) is 11.1. The van der Waals surface area contributed by atoms with E-state index in [4.69, 9.17) is 16.3 Å². The van der Waals surface area contributed by atoms with Crippen LogP contribution in [-0.4, -0.2) is 23.0 Å². The lowest BCUT2D eigenvalue weighted by Crippen LogP contribution is -2.57. The minimum atomic E-state index is -0.536. The SMILES string of the molecule is CC1(c2ccc(Cl)cc2)CC(C)(C)N(C(=O)COc2ccccc2[N+](=O)[O-])c2ccccc21. The van der Waals surface area contributed by atoms with Crippen molar-refractivity contribution >= 4 is 28.9 Å². The molecule has 7 heteroatoms. The lowest BCUT2D eigenvalue weighted by molar-refractivity contribution is -0.385. The molecule has 0 radical (unpaired) electrons. The van der Waals surface area contributed by atoms with E-state index in [1.54, 1.807) is 17.0 Å². The van der Waals surface area contributed by atoms with Crippen molar-refractivity contribution in [1.82, 2.24) is 0 Å². The minimum absolute atomic E-state index is 0.0740. The largest absolute Gasteiger partial charge is 0.477 e. The summed E-state index contributed by atoms with van der Waals surface area (Å²) in [6, 6.07) is 21.8. The van der Waals surface area contributed by atoms with Crippen LogP contribution in [0.15, 0.2) is 72.8 Å². The maximum Gasteiger partial charge on any atom is 0.310 e. The smallest absolute Gasteiger partial charge is 0.310 e. The molecule has 1 heterocycles. The second-order valence-electron chi connectivity index (χ2n) is 9.09. The first-order valence-electron chi connectivity index (χ1n) is 10.7. The van der Waals surface area contributed by atoms with Crippen molar-refractivity contribution in [1.29, 1.82) is 0 Å². The minimum Gasteiger partial charge on any atom is -0.477 e. The molecule has 3 aromatic carbocycles. The molecule has 1 aliphatic rings. The Kier molecular flexibility index (Phi) is 5.89.